The average Bonchev–Trinajstić information content (AvgIpc) is 2.97. The number of fused-ring (bicyclic) bond motifs is 1. The first-order valence-electron chi connectivity index (χ1n) is 6.21. The summed E-state index contributed by atoms with van der Waals surface area (Å²) in [7, 11) is 1.64. The van der Waals surface area contributed by atoms with E-state index in [1.54, 1.807) is 18.4 Å². The molecule has 20 heavy (non-hydrogen) atoms. The van der Waals surface area contributed by atoms with E-state index in [4.69, 9.17) is 10.00 Å². The smallest absolute Gasteiger partial charge is 0.194 e. The van der Waals surface area contributed by atoms with Crippen molar-refractivity contribution in [2.24, 2.45) is 0 Å². The Hall–Kier alpha value is -2.32. The lowest BCUT2D eigenvalue weighted by atomic mass is 10.1. The highest BCUT2D eigenvalue weighted by Crippen LogP contribution is 2.30. The minimum absolute atomic E-state index is 0.337. The van der Waals surface area contributed by atoms with E-state index in [-0.39, 0.29) is 0 Å². The highest BCUT2D eigenvalue weighted by atomic mass is 32.1. The number of imidazole rings is 1. The van der Waals surface area contributed by atoms with Crippen LogP contribution in [0.25, 0.3) is 16.2 Å². The minimum Gasteiger partial charge on any atom is -0.497 e. The summed E-state index contributed by atoms with van der Waals surface area (Å²) in [5.74, 6) is 0.790. The second-order valence-corrected chi connectivity index (χ2v) is 5.68. The zero-order valence-electron chi connectivity index (χ0n) is 11.3. The standard InChI is InChI=1S/C15H13N3OS/c1-10-9-18-13(6-7-16)14(17-15(18)20-10)11-4-3-5-12(8-11)19-2/h3-5,8-9H,6H2,1-2H3. The lowest BCUT2D eigenvalue weighted by molar-refractivity contribution is 0.415. The van der Waals surface area contributed by atoms with Gasteiger partial charge in [-0.3, -0.25) is 4.40 Å². The Morgan fingerprint density at radius 2 is 2.30 bits per heavy atom. The van der Waals surface area contributed by atoms with E-state index in [9.17, 15) is 0 Å². The lowest BCUT2D eigenvalue weighted by Gasteiger charge is -2.04. The maximum absolute atomic E-state index is 9.06. The van der Waals surface area contributed by atoms with E-state index in [2.05, 4.69) is 11.1 Å². The number of aryl methyl sites for hydroxylation is 1. The summed E-state index contributed by atoms with van der Waals surface area (Å²) in [6, 6.07) is 9.99. The first kappa shape index (κ1) is 12.7. The van der Waals surface area contributed by atoms with E-state index in [1.165, 1.54) is 4.88 Å². The predicted molar refractivity (Wildman–Crippen MR) is 79.1 cm³/mol. The van der Waals surface area contributed by atoms with Crippen LogP contribution >= 0.6 is 11.3 Å². The summed E-state index contributed by atoms with van der Waals surface area (Å²) in [4.78, 5) is 6.78. The van der Waals surface area contributed by atoms with Crippen LogP contribution in [0.1, 0.15) is 10.6 Å². The fourth-order valence-electron chi connectivity index (χ4n) is 2.25. The highest BCUT2D eigenvalue weighted by Gasteiger charge is 2.15. The molecule has 0 aliphatic rings. The number of nitriles is 1. The zero-order valence-corrected chi connectivity index (χ0v) is 12.1. The molecule has 2 heterocycles. The number of nitrogens with zero attached hydrogens (tertiary/aromatic N) is 3. The molecule has 0 spiro atoms. The number of methoxy groups -OCH3 is 1. The molecule has 0 atom stereocenters. The Kier molecular flexibility index (Phi) is 3.17. The van der Waals surface area contributed by atoms with Gasteiger partial charge in [-0.25, -0.2) is 4.98 Å². The minimum atomic E-state index is 0.337. The molecule has 0 saturated heterocycles. The number of hydrogen-bond donors (Lipinski definition) is 0. The molecule has 4 nitrogen and oxygen atoms in total. The molecule has 3 rings (SSSR count). The summed E-state index contributed by atoms with van der Waals surface area (Å²) >= 11 is 1.63. The fourth-order valence-corrected chi connectivity index (χ4v) is 3.09. The quantitative estimate of drug-likeness (QED) is 0.739. The van der Waals surface area contributed by atoms with Gasteiger partial charge in [0.2, 0.25) is 0 Å². The molecule has 0 saturated carbocycles. The molecule has 100 valence electrons. The maximum Gasteiger partial charge on any atom is 0.194 e. The van der Waals surface area contributed by atoms with Crippen LogP contribution in [0.4, 0.5) is 0 Å². The van der Waals surface area contributed by atoms with Gasteiger partial charge in [0, 0.05) is 16.6 Å². The number of benzene rings is 1. The summed E-state index contributed by atoms with van der Waals surface area (Å²) in [5.41, 5.74) is 2.76. The van der Waals surface area contributed by atoms with E-state index in [0.717, 1.165) is 27.7 Å². The molecule has 0 N–H and O–H groups in total. The second-order valence-electron chi connectivity index (χ2n) is 4.47. The highest BCUT2D eigenvalue weighted by molar-refractivity contribution is 7.17. The first-order valence-corrected chi connectivity index (χ1v) is 7.03. The number of thiazole rings is 1. The van der Waals surface area contributed by atoms with Gasteiger partial charge >= 0.3 is 0 Å². The molecule has 2 aromatic heterocycles. The van der Waals surface area contributed by atoms with Crippen molar-refractivity contribution in [3.05, 3.63) is 41.0 Å². The van der Waals surface area contributed by atoms with Crippen molar-refractivity contribution in [3.63, 3.8) is 0 Å². The molecule has 0 fully saturated rings. The third-order valence-corrected chi connectivity index (χ3v) is 4.03. The van der Waals surface area contributed by atoms with Crippen molar-refractivity contribution < 1.29 is 4.74 Å². The van der Waals surface area contributed by atoms with Crippen molar-refractivity contribution in [1.82, 2.24) is 9.38 Å². The largest absolute Gasteiger partial charge is 0.497 e. The van der Waals surface area contributed by atoms with Gasteiger partial charge in [0.1, 0.15) is 5.75 Å². The van der Waals surface area contributed by atoms with Crippen LogP contribution in [0, 0.1) is 18.3 Å². The van der Waals surface area contributed by atoms with Gasteiger partial charge in [-0.2, -0.15) is 5.26 Å². The van der Waals surface area contributed by atoms with E-state index in [0.29, 0.717) is 6.42 Å². The van der Waals surface area contributed by atoms with Crippen molar-refractivity contribution in [2.75, 3.05) is 7.11 Å². The average molecular weight is 283 g/mol. The summed E-state index contributed by atoms with van der Waals surface area (Å²) in [5, 5.41) is 9.06. The molecule has 0 radical (unpaired) electrons. The van der Waals surface area contributed by atoms with Crippen LogP contribution < -0.4 is 4.74 Å². The Morgan fingerprint density at radius 1 is 1.45 bits per heavy atom. The summed E-state index contributed by atoms with van der Waals surface area (Å²) in [6.07, 6.45) is 2.37. The van der Waals surface area contributed by atoms with Crippen molar-refractivity contribution >= 4 is 16.3 Å². The van der Waals surface area contributed by atoms with Gasteiger partial charge < -0.3 is 4.74 Å². The lowest BCUT2D eigenvalue weighted by Crippen LogP contribution is -1.92. The van der Waals surface area contributed by atoms with E-state index in [1.807, 2.05) is 41.8 Å². The third-order valence-electron chi connectivity index (χ3n) is 3.13. The Morgan fingerprint density at radius 3 is 3.05 bits per heavy atom. The van der Waals surface area contributed by atoms with Crippen LogP contribution in [-0.4, -0.2) is 16.5 Å². The molecule has 5 heteroatoms. The molecule has 0 aliphatic heterocycles. The van der Waals surface area contributed by atoms with Gasteiger partial charge in [-0.05, 0) is 19.1 Å². The topological polar surface area (TPSA) is 50.3 Å². The zero-order chi connectivity index (χ0) is 14.1. The number of hydrogen-bond acceptors (Lipinski definition) is 4. The van der Waals surface area contributed by atoms with Crippen LogP contribution in [0.3, 0.4) is 0 Å². The summed E-state index contributed by atoms with van der Waals surface area (Å²) < 4.78 is 7.27. The molecular weight excluding hydrogens is 270 g/mol. The van der Waals surface area contributed by atoms with Crippen molar-refractivity contribution in [2.45, 2.75) is 13.3 Å². The van der Waals surface area contributed by atoms with Crippen molar-refractivity contribution in [1.29, 1.82) is 5.26 Å². The molecule has 0 amide bonds. The molecule has 0 unspecified atom stereocenters. The van der Waals surface area contributed by atoms with Crippen LogP contribution in [0.5, 0.6) is 5.75 Å². The first-order chi connectivity index (χ1) is 9.72. The molecular formula is C15H13N3OS. The molecule has 1 aromatic carbocycles. The number of aromatic nitrogens is 2. The fraction of sp³-hybridized carbons (Fsp3) is 0.200. The Bertz CT molecular complexity index is 810. The van der Waals surface area contributed by atoms with E-state index < -0.39 is 0 Å². The number of rotatable bonds is 3. The molecule has 0 aliphatic carbocycles. The Labute approximate surface area is 120 Å². The Balaban J connectivity index is 2.21. The number of ether oxygens (including phenoxy) is 1. The van der Waals surface area contributed by atoms with Gasteiger partial charge in [-0.1, -0.05) is 12.1 Å². The third kappa shape index (κ3) is 2.04. The SMILES string of the molecule is COc1cccc(-c2nc3sc(C)cn3c2CC#N)c1. The van der Waals surface area contributed by atoms with Crippen LogP contribution in [0.15, 0.2) is 30.5 Å². The second kappa shape index (κ2) is 4.99. The van der Waals surface area contributed by atoms with Crippen molar-refractivity contribution in [3.8, 4) is 23.1 Å². The van der Waals surface area contributed by atoms with Gasteiger partial charge in [-0.15, -0.1) is 11.3 Å². The maximum atomic E-state index is 9.06. The van der Waals surface area contributed by atoms with Gasteiger partial charge in [0.05, 0.1) is 31.0 Å². The van der Waals surface area contributed by atoms with Crippen LogP contribution in [0.2, 0.25) is 0 Å². The van der Waals surface area contributed by atoms with E-state index >= 15 is 0 Å². The molecule has 0 bridgehead atoms. The molecule has 3 aromatic rings. The monoisotopic (exact) mass is 283 g/mol. The van der Waals surface area contributed by atoms with Crippen LogP contribution in [-0.2, 0) is 6.42 Å². The predicted octanol–water partition coefficient (Wildman–Crippen LogP) is 3.45. The normalized spacial score (nSPS) is 10.7. The van der Waals surface area contributed by atoms with Gasteiger partial charge in [0.15, 0.2) is 4.96 Å². The summed E-state index contributed by atoms with van der Waals surface area (Å²) in [6.45, 7) is 2.04. The van der Waals surface area contributed by atoms with Gasteiger partial charge in [0.25, 0.3) is 0 Å².